The molecule has 0 aliphatic rings. The third-order valence-electron chi connectivity index (χ3n) is 3.87. The lowest BCUT2D eigenvalue weighted by molar-refractivity contribution is 0.587. The number of anilines is 1. The molecule has 2 aromatic carbocycles. The highest BCUT2D eigenvalue weighted by Crippen LogP contribution is 2.26. The van der Waals surface area contributed by atoms with Crippen LogP contribution < -0.4 is 9.44 Å². The summed E-state index contributed by atoms with van der Waals surface area (Å²) in [6.07, 6.45) is 0. The molecule has 0 spiro atoms. The number of benzene rings is 2. The number of sulfonamides is 2. The molecule has 0 saturated heterocycles. The van der Waals surface area contributed by atoms with Crippen LogP contribution in [0.1, 0.15) is 22.3 Å². The summed E-state index contributed by atoms with van der Waals surface area (Å²) < 4.78 is 54.4. The smallest absolute Gasteiger partial charge is 0.262 e. The van der Waals surface area contributed by atoms with Gasteiger partial charge in [0.25, 0.3) is 10.0 Å². The maximum atomic E-state index is 12.8. The molecule has 136 valence electrons. The normalized spacial score (nSPS) is 12.2. The van der Waals surface area contributed by atoms with Gasteiger partial charge >= 0.3 is 0 Å². The Balaban J connectivity index is 2.52. The second-order valence-corrected chi connectivity index (χ2v) is 9.50. The quantitative estimate of drug-likeness (QED) is 0.831. The molecule has 0 aromatic heterocycles. The van der Waals surface area contributed by atoms with Gasteiger partial charge in [-0.05, 0) is 63.6 Å². The molecule has 0 fully saturated rings. The molecule has 0 aliphatic carbocycles. The van der Waals surface area contributed by atoms with Gasteiger partial charge in [0.05, 0.1) is 15.5 Å². The van der Waals surface area contributed by atoms with Gasteiger partial charge in [-0.25, -0.2) is 21.6 Å². The molecule has 0 heterocycles. The lowest BCUT2D eigenvalue weighted by Gasteiger charge is -2.15. The summed E-state index contributed by atoms with van der Waals surface area (Å²) in [5.74, 6) is 0. The van der Waals surface area contributed by atoms with E-state index in [-0.39, 0.29) is 15.5 Å². The summed E-state index contributed by atoms with van der Waals surface area (Å²) in [4.78, 5) is 0.240. The molecule has 0 atom stereocenters. The van der Waals surface area contributed by atoms with Crippen LogP contribution in [-0.2, 0) is 20.0 Å². The van der Waals surface area contributed by atoms with E-state index in [1.807, 2.05) is 6.92 Å². The van der Waals surface area contributed by atoms with Gasteiger partial charge in [0.15, 0.2) is 0 Å². The van der Waals surface area contributed by atoms with Crippen molar-refractivity contribution < 1.29 is 16.8 Å². The highest BCUT2D eigenvalue weighted by atomic mass is 32.2. The molecule has 2 aromatic rings. The minimum absolute atomic E-state index is 0.0348. The molecule has 0 aliphatic heterocycles. The fourth-order valence-corrected chi connectivity index (χ4v) is 5.36. The zero-order chi connectivity index (χ0) is 19.0. The van der Waals surface area contributed by atoms with Gasteiger partial charge in [-0.3, -0.25) is 4.72 Å². The number of nitrogens with one attached hydrogen (secondary N) is 2. The molecule has 0 radical (unpaired) electrons. The van der Waals surface area contributed by atoms with Crippen LogP contribution in [0.3, 0.4) is 0 Å². The Morgan fingerprint density at radius 2 is 1.32 bits per heavy atom. The maximum absolute atomic E-state index is 12.8. The standard InChI is InChI=1S/C17H22N2O4S2/c1-11-8-13(3)17(14(4)9-11)25(22,23)19-15-7-6-12(2)16(10-15)24(20,21)18-5/h6-10,18-19H,1-5H3. The van der Waals surface area contributed by atoms with Gasteiger partial charge in [0.2, 0.25) is 10.0 Å². The van der Waals surface area contributed by atoms with Crippen molar-refractivity contribution >= 4 is 25.7 Å². The van der Waals surface area contributed by atoms with E-state index in [9.17, 15) is 16.8 Å². The first-order valence-corrected chi connectivity index (χ1v) is 10.6. The van der Waals surface area contributed by atoms with E-state index >= 15 is 0 Å². The third kappa shape index (κ3) is 4.02. The summed E-state index contributed by atoms with van der Waals surface area (Å²) >= 11 is 0. The van der Waals surface area contributed by atoms with Gasteiger partial charge in [-0.2, -0.15) is 0 Å². The predicted molar refractivity (Wildman–Crippen MR) is 98.9 cm³/mol. The molecule has 6 nitrogen and oxygen atoms in total. The van der Waals surface area contributed by atoms with Crippen LogP contribution in [0.25, 0.3) is 0 Å². The Bertz CT molecular complexity index is 1000. The minimum Gasteiger partial charge on any atom is -0.280 e. The van der Waals surface area contributed by atoms with Crippen molar-refractivity contribution in [3.8, 4) is 0 Å². The van der Waals surface area contributed by atoms with Crippen molar-refractivity contribution in [2.24, 2.45) is 0 Å². The second kappa shape index (κ2) is 6.78. The van der Waals surface area contributed by atoms with Gasteiger partial charge in [0.1, 0.15) is 0 Å². The van der Waals surface area contributed by atoms with Crippen LogP contribution in [0, 0.1) is 27.7 Å². The van der Waals surface area contributed by atoms with Crippen LogP contribution in [0.5, 0.6) is 0 Å². The fraction of sp³-hybridized carbons (Fsp3) is 0.294. The van der Waals surface area contributed by atoms with Gasteiger partial charge in [0, 0.05) is 0 Å². The van der Waals surface area contributed by atoms with Crippen LogP contribution in [0.4, 0.5) is 5.69 Å². The molecular formula is C17H22N2O4S2. The molecule has 2 rings (SSSR count). The molecule has 0 unspecified atom stereocenters. The van der Waals surface area contributed by atoms with Gasteiger partial charge in [-0.1, -0.05) is 23.8 Å². The Morgan fingerprint density at radius 3 is 1.84 bits per heavy atom. The molecule has 0 amide bonds. The average molecular weight is 383 g/mol. The summed E-state index contributed by atoms with van der Waals surface area (Å²) in [7, 11) is -6.21. The van der Waals surface area contributed by atoms with Gasteiger partial charge < -0.3 is 0 Å². The Morgan fingerprint density at radius 1 is 0.760 bits per heavy atom. The first kappa shape index (κ1) is 19.4. The molecule has 8 heteroatoms. The van der Waals surface area contributed by atoms with Crippen LogP contribution in [0.2, 0.25) is 0 Å². The largest absolute Gasteiger partial charge is 0.280 e. The zero-order valence-corrected chi connectivity index (χ0v) is 16.5. The summed E-state index contributed by atoms with van der Waals surface area (Å²) in [5.41, 5.74) is 2.98. The Labute approximate surface area is 149 Å². The van der Waals surface area contributed by atoms with Gasteiger partial charge in [-0.15, -0.1) is 0 Å². The molecule has 2 N–H and O–H groups in total. The van der Waals surface area contributed by atoms with E-state index in [4.69, 9.17) is 0 Å². The van der Waals surface area contributed by atoms with Crippen molar-refractivity contribution in [2.45, 2.75) is 37.5 Å². The van der Waals surface area contributed by atoms with Crippen molar-refractivity contribution in [3.05, 3.63) is 52.6 Å². The summed E-state index contributed by atoms with van der Waals surface area (Å²) in [6.45, 7) is 7.02. The van der Waals surface area contributed by atoms with E-state index in [0.29, 0.717) is 16.7 Å². The minimum atomic E-state index is -3.84. The van der Waals surface area contributed by atoms with E-state index < -0.39 is 20.0 Å². The second-order valence-electron chi connectivity index (χ2n) is 6.02. The van der Waals surface area contributed by atoms with Crippen LogP contribution >= 0.6 is 0 Å². The highest BCUT2D eigenvalue weighted by Gasteiger charge is 2.22. The first-order chi connectivity index (χ1) is 11.5. The van der Waals surface area contributed by atoms with Crippen molar-refractivity contribution in [1.29, 1.82) is 0 Å². The predicted octanol–water partition coefficient (Wildman–Crippen LogP) is 2.63. The lowest BCUT2D eigenvalue weighted by Crippen LogP contribution is -2.20. The topological polar surface area (TPSA) is 92.3 Å². The Hall–Kier alpha value is -1.90. The van der Waals surface area contributed by atoms with Crippen LogP contribution in [-0.4, -0.2) is 23.9 Å². The SMILES string of the molecule is CNS(=O)(=O)c1cc(NS(=O)(=O)c2c(C)cc(C)cc2C)ccc1C. The maximum Gasteiger partial charge on any atom is 0.262 e. The molecule has 0 bridgehead atoms. The molecular weight excluding hydrogens is 360 g/mol. The zero-order valence-electron chi connectivity index (χ0n) is 14.8. The number of aryl methyl sites for hydroxylation is 4. The number of hydrogen-bond acceptors (Lipinski definition) is 4. The van der Waals surface area contributed by atoms with Crippen molar-refractivity contribution in [1.82, 2.24) is 4.72 Å². The lowest BCUT2D eigenvalue weighted by atomic mass is 10.1. The van der Waals surface area contributed by atoms with E-state index in [1.165, 1.54) is 13.1 Å². The number of hydrogen-bond donors (Lipinski definition) is 2. The highest BCUT2D eigenvalue weighted by molar-refractivity contribution is 7.92. The average Bonchev–Trinajstić information content (AvgIpc) is 2.47. The third-order valence-corrected chi connectivity index (χ3v) is 7.11. The van der Waals surface area contributed by atoms with Crippen molar-refractivity contribution in [3.63, 3.8) is 0 Å². The molecule has 0 saturated carbocycles. The van der Waals surface area contributed by atoms with Crippen molar-refractivity contribution in [2.75, 3.05) is 11.8 Å². The van der Waals surface area contributed by atoms with E-state index in [2.05, 4.69) is 9.44 Å². The molecule has 25 heavy (non-hydrogen) atoms. The first-order valence-electron chi connectivity index (χ1n) is 7.63. The fourth-order valence-electron chi connectivity index (χ4n) is 2.86. The monoisotopic (exact) mass is 382 g/mol. The Kier molecular flexibility index (Phi) is 5.27. The van der Waals surface area contributed by atoms with E-state index in [0.717, 1.165) is 5.56 Å². The van der Waals surface area contributed by atoms with Crippen LogP contribution in [0.15, 0.2) is 40.1 Å². The number of rotatable bonds is 5. The summed E-state index contributed by atoms with van der Waals surface area (Å²) in [5, 5.41) is 0. The van der Waals surface area contributed by atoms with E-state index in [1.54, 1.807) is 45.0 Å². The summed E-state index contributed by atoms with van der Waals surface area (Å²) in [6, 6.07) is 8.02.